The Hall–Kier alpha value is -1.46. The van der Waals surface area contributed by atoms with Crippen molar-refractivity contribution in [1.82, 2.24) is 9.88 Å². The van der Waals surface area contributed by atoms with Gasteiger partial charge in [0.15, 0.2) is 0 Å². The van der Waals surface area contributed by atoms with E-state index in [-0.39, 0.29) is 11.8 Å². The highest BCUT2D eigenvalue weighted by Crippen LogP contribution is 2.32. The molecule has 5 nitrogen and oxygen atoms in total. The monoisotopic (exact) mass is 315 g/mol. The lowest BCUT2D eigenvalue weighted by Crippen LogP contribution is -2.22. The van der Waals surface area contributed by atoms with E-state index in [0.29, 0.717) is 11.7 Å². The Morgan fingerprint density at radius 1 is 1.26 bits per heavy atom. The van der Waals surface area contributed by atoms with Gasteiger partial charge in [-0.3, -0.25) is 9.69 Å². The van der Waals surface area contributed by atoms with Crippen LogP contribution in [0.4, 0.5) is 5.82 Å². The van der Waals surface area contributed by atoms with Gasteiger partial charge in [-0.1, -0.05) is 6.07 Å². The van der Waals surface area contributed by atoms with Crippen molar-refractivity contribution in [3.63, 3.8) is 0 Å². The van der Waals surface area contributed by atoms with Crippen molar-refractivity contribution in [1.29, 1.82) is 0 Å². The van der Waals surface area contributed by atoms with Gasteiger partial charge in [0.05, 0.1) is 12.3 Å². The molecule has 1 aliphatic carbocycles. The van der Waals surface area contributed by atoms with Gasteiger partial charge in [-0.25, -0.2) is 4.98 Å². The van der Waals surface area contributed by atoms with Crippen LogP contribution in [-0.4, -0.2) is 42.1 Å². The lowest BCUT2D eigenvalue weighted by atomic mass is 9.96. The van der Waals surface area contributed by atoms with E-state index in [1.54, 1.807) is 0 Å². The fourth-order valence-corrected chi connectivity index (χ4v) is 3.59. The van der Waals surface area contributed by atoms with E-state index in [0.717, 1.165) is 57.8 Å². The van der Waals surface area contributed by atoms with Gasteiger partial charge in [-0.2, -0.15) is 0 Å². The minimum Gasteiger partial charge on any atom is -0.381 e. The van der Waals surface area contributed by atoms with Crippen LogP contribution in [0.1, 0.15) is 49.3 Å². The van der Waals surface area contributed by atoms with Crippen LogP contribution in [0.5, 0.6) is 0 Å². The van der Waals surface area contributed by atoms with Crippen molar-refractivity contribution < 1.29 is 9.53 Å². The molecule has 0 aromatic carbocycles. The van der Waals surface area contributed by atoms with Gasteiger partial charge in [-0.05, 0) is 56.8 Å². The molecule has 4 rings (SSSR count). The molecule has 0 spiro atoms. The van der Waals surface area contributed by atoms with Crippen LogP contribution in [0, 0.1) is 5.92 Å². The van der Waals surface area contributed by atoms with E-state index in [4.69, 9.17) is 9.72 Å². The topological polar surface area (TPSA) is 54.5 Å². The molecular formula is C18H25N3O2. The number of pyridine rings is 1. The standard InChI is InChI=1S/C18H25N3O2/c22-18(13-3-4-13)20-17-6-5-15(14-7-10-23-12-14)16(19-17)11-21-8-1-2-9-21/h5-6,13-14H,1-4,7-12H2,(H,19,20,22). The third-order valence-corrected chi connectivity index (χ3v) is 5.15. The molecule has 124 valence electrons. The van der Waals surface area contributed by atoms with E-state index < -0.39 is 0 Å². The molecule has 5 heteroatoms. The quantitative estimate of drug-likeness (QED) is 0.907. The number of nitrogens with zero attached hydrogens (tertiary/aromatic N) is 2. The number of hydrogen-bond donors (Lipinski definition) is 1. The van der Waals surface area contributed by atoms with Crippen LogP contribution >= 0.6 is 0 Å². The van der Waals surface area contributed by atoms with E-state index in [2.05, 4.69) is 16.3 Å². The van der Waals surface area contributed by atoms with Gasteiger partial charge >= 0.3 is 0 Å². The number of rotatable bonds is 5. The van der Waals surface area contributed by atoms with Crippen LogP contribution < -0.4 is 5.32 Å². The van der Waals surface area contributed by atoms with Gasteiger partial charge in [-0.15, -0.1) is 0 Å². The molecule has 2 aliphatic heterocycles. The first-order chi connectivity index (χ1) is 11.3. The van der Waals surface area contributed by atoms with Crippen LogP contribution in [0.15, 0.2) is 12.1 Å². The first-order valence-electron chi connectivity index (χ1n) is 8.90. The van der Waals surface area contributed by atoms with Gasteiger partial charge < -0.3 is 10.1 Å². The molecule has 0 bridgehead atoms. The predicted molar refractivity (Wildman–Crippen MR) is 88.3 cm³/mol. The van der Waals surface area contributed by atoms with E-state index in [9.17, 15) is 4.79 Å². The summed E-state index contributed by atoms with van der Waals surface area (Å²) in [6.45, 7) is 4.83. The molecule has 1 N–H and O–H groups in total. The highest BCUT2D eigenvalue weighted by atomic mass is 16.5. The number of amides is 1. The van der Waals surface area contributed by atoms with Crippen molar-refractivity contribution in [3.8, 4) is 0 Å². The summed E-state index contributed by atoms with van der Waals surface area (Å²) in [7, 11) is 0. The first kappa shape index (κ1) is 15.1. The largest absolute Gasteiger partial charge is 0.381 e. The van der Waals surface area contributed by atoms with Gasteiger partial charge in [0.1, 0.15) is 5.82 Å². The second kappa shape index (κ2) is 6.57. The van der Waals surface area contributed by atoms with Crippen LogP contribution in [0.2, 0.25) is 0 Å². The molecule has 1 amide bonds. The molecule has 1 saturated carbocycles. The maximum absolute atomic E-state index is 12.0. The molecule has 2 saturated heterocycles. The smallest absolute Gasteiger partial charge is 0.228 e. The van der Waals surface area contributed by atoms with Crippen LogP contribution in [0.3, 0.4) is 0 Å². The Balaban J connectivity index is 1.55. The van der Waals surface area contributed by atoms with Crippen molar-refractivity contribution >= 4 is 11.7 Å². The Bertz CT molecular complexity index is 574. The Morgan fingerprint density at radius 3 is 2.78 bits per heavy atom. The highest BCUT2D eigenvalue weighted by molar-refractivity contribution is 5.93. The lowest BCUT2D eigenvalue weighted by molar-refractivity contribution is -0.117. The number of ether oxygens (including phenoxy) is 1. The molecule has 1 unspecified atom stereocenters. The van der Waals surface area contributed by atoms with E-state index >= 15 is 0 Å². The zero-order chi connectivity index (χ0) is 15.6. The van der Waals surface area contributed by atoms with Crippen LogP contribution in [0.25, 0.3) is 0 Å². The summed E-state index contributed by atoms with van der Waals surface area (Å²) in [5.41, 5.74) is 2.43. The number of anilines is 1. The number of carbonyl (C=O) groups is 1. The number of likely N-dealkylation sites (tertiary alicyclic amines) is 1. The van der Waals surface area contributed by atoms with Gasteiger partial charge in [0.2, 0.25) is 5.91 Å². The summed E-state index contributed by atoms with van der Waals surface area (Å²) in [6.07, 6.45) is 5.66. The second-order valence-electron chi connectivity index (χ2n) is 7.04. The second-order valence-corrected chi connectivity index (χ2v) is 7.04. The molecule has 23 heavy (non-hydrogen) atoms. The molecule has 0 radical (unpaired) electrons. The zero-order valence-electron chi connectivity index (χ0n) is 13.6. The van der Waals surface area contributed by atoms with Crippen molar-refractivity contribution in [2.75, 3.05) is 31.6 Å². The molecule has 3 heterocycles. The molecule has 1 aromatic rings. The minimum atomic E-state index is 0.126. The van der Waals surface area contributed by atoms with Crippen molar-refractivity contribution in [2.45, 2.75) is 44.6 Å². The minimum absolute atomic E-state index is 0.126. The summed E-state index contributed by atoms with van der Waals surface area (Å²) in [4.78, 5) is 19.3. The average Bonchev–Trinajstić information content (AvgIpc) is 3.04. The SMILES string of the molecule is O=C(Nc1ccc(C2CCOC2)c(CN2CCCC2)n1)C1CC1. The van der Waals surface area contributed by atoms with Crippen molar-refractivity contribution in [2.24, 2.45) is 5.92 Å². The Kier molecular flexibility index (Phi) is 4.31. The summed E-state index contributed by atoms with van der Waals surface area (Å²) in [5, 5.41) is 2.99. The molecule has 3 aliphatic rings. The van der Waals surface area contributed by atoms with E-state index in [1.165, 1.54) is 18.4 Å². The number of aromatic nitrogens is 1. The normalized spacial score (nSPS) is 25.0. The maximum Gasteiger partial charge on any atom is 0.228 e. The predicted octanol–water partition coefficient (Wildman–Crippen LogP) is 2.53. The van der Waals surface area contributed by atoms with Gasteiger partial charge in [0, 0.05) is 25.0 Å². The van der Waals surface area contributed by atoms with Crippen LogP contribution in [-0.2, 0) is 16.1 Å². The van der Waals surface area contributed by atoms with Gasteiger partial charge in [0.25, 0.3) is 0 Å². The number of nitrogens with one attached hydrogen (secondary N) is 1. The fraction of sp³-hybridized carbons (Fsp3) is 0.667. The Morgan fingerprint density at radius 2 is 2.09 bits per heavy atom. The third-order valence-electron chi connectivity index (χ3n) is 5.15. The summed E-state index contributed by atoms with van der Waals surface area (Å²) in [5.74, 6) is 1.50. The number of hydrogen-bond acceptors (Lipinski definition) is 4. The average molecular weight is 315 g/mol. The molecular weight excluding hydrogens is 290 g/mol. The Labute approximate surface area is 137 Å². The molecule has 1 aromatic heterocycles. The molecule has 3 fully saturated rings. The third kappa shape index (κ3) is 3.56. The summed E-state index contributed by atoms with van der Waals surface area (Å²) in [6, 6.07) is 4.11. The highest BCUT2D eigenvalue weighted by Gasteiger charge is 2.30. The maximum atomic E-state index is 12.0. The zero-order valence-corrected chi connectivity index (χ0v) is 13.6. The van der Waals surface area contributed by atoms with E-state index in [1.807, 2.05) is 6.07 Å². The van der Waals surface area contributed by atoms with Crippen molar-refractivity contribution in [3.05, 3.63) is 23.4 Å². The first-order valence-corrected chi connectivity index (χ1v) is 8.90. The summed E-state index contributed by atoms with van der Waals surface area (Å²) < 4.78 is 5.56. The summed E-state index contributed by atoms with van der Waals surface area (Å²) >= 11 is 0. The molecule has 1 atom stereocenters. The number of carbonyl (C=O) groups excluding carboxylic acids is 1. The fourth-order valence-electron chi connectivity index (χ4n) is 3.59. The lowest BCUT2D eigenvalue weighted by Gasteiger charge is -2.20.